The predicted molar refractivity (Wildman–Crippen MR) is 160 cm³/mol. The molecule has 1 saturated heterocycles. The largest absolute Gasteiger partial charge is 0.493 e. The number of carbonyl (C=O) groups excluding carboxylic acids is 1. The van der Waals surface area contributed by atoms with Gasteiger partial charge < -0.3 is 29.6 Å². The van der Waals surface area contributed by atoms with E-state index in [1.165, 1.54) is 25.3 Å². The lowest BCUT2D eigenvalue weighted by Gasteiger charge is -2.33. The van der Waals surface area contributed by atoms with Gasteiger partial charge in [0, 0.05) is 37.6 Å². The molecular formula is C33H29F3N4O5. The van der Waals surface area contributed by atoms with Crippen LogP contribution >= 0.6 is 0 Å². The number of primary amides is 1. The number of piperidine rings is 1. The lowest BCUT2D eigenvalue weighted by molar-refractivity contribution is -0.0494. The molecule has 0 radical (unpaired) electrons. The minimum Gasteiger partial charge on any atom is -0.493 e. The lowest BCUT2D eigenvalue weighted by Crippen LogP contribution is -2.39. The molecule has 1 fully saturated rings. The van der Waals surface area contributed by atoms with Crippen LogP contribution in [0.3, 0.4) is 0 Å². The van der Waals surface area contributed by atoms with E-state index in [-0.39, 0.29) is 34.7 Å². The van der Waals surface area contributed by atoms with Gasteiger partial charge in [-0.2, -0.15) is 14.0 Å². The topological polar surface area (TPSA) is 120 Å². The summed E-state index contributed by atoms with van der Waals surface area (Å²) in [6.07, 6.45) is -0.409. The van der Waals surface area contributed by atoms with E-state index in [1.807, 2.05) is 35.2 Å². The Hall–Kier alpha value is -5.44. The maximum absolute atomic E-state index is 14.9. The van der Waals surface area contributed by atoms with E-state index in [1.54, 1.807) is 24.3 Å². The third-order valence-corrected chi connectivity index (χ3v) is 7.29. The lowest BCUT2D eigenvalue weighted by atomic mass is 9.96. The molecule has 2 heterocycles. The number of halogens is 3. The zero-order chi connectivity index (χ0) is 31.9. The number of carbonyl (C=O) groups is 1. The van der Waals surface area contributed by atoms with E-state index in [2.05, 4.69) is 0 Å². The van der Waals surface area contributed by atoms with E-state index in [0.717, 1.165) is 11.6 Å². The van der Waals surface area contributed by atoms with Gasteiger partial charge in [0.15, 0.2) is 11.5 Å². The van der Waals surface area contributed by atoms with E-state index >= 15 is 0 Å². The van der Waals surface area contributed by atoms with Gasteiger partial charge in [-0.05, 0) is 35.4 Å². The molecule has 5 rings (SSSR count). The molecule has 1 aromatic heterocycles. The summed E-state index contributed by atoms with van der Waals surface area (Å²) in [4.78, 5) is 17.8. The molecule has 0 unspecified atom stereocenters. The number of nitrogens with zero attached hydrogens (tertiary/aromatic N) is 3. The number of alkyl halides is 2. The number of rotatable bonds is 10. The summed E-state index contributed by atoms with van der Waals surface area (Å²) in [5, 5.41) is 9.28. The summed E-state index contributed by atoms with van der Waals surface area (Å²) in [5.74, 6) is 0.0303. The van der Waals surface area contributed by atoms with Gasteiger partial charge in [-0.3, -0.25) is 0 Å². The fourth-order valence-electron chi connectivity index (χ4n) is 5.15. The quantitative estimate of drug-likeness (QED) is 0.209. The molecule has 9 nitrogen and oxygen atoms in total. The third kappa shape index (κ3) is 7.38. The van der Waals surface area contributed by atoms with Crippen LogP contribution in [-0.2, 0) is 11.3 Å². The molecule has 1 aliphatic heterocycles. The highest BCUT2D eigenvalue weighted by Gasteiger charge is 2.27. The Bertz CT molecular complexity index is 1710. The van der Waals surface area contributed by atoms with Gasteiger partial charge >= 0.3 is 12.7 Å². The summed E-state index contributed by atoms with van der Waals surface area (Å²) in [6, 6.07) is 21.4. The molecule has 0 spiro atoms. The highest BCUT2D eigenvalue weighted by molar-refractivity contribution is 5.88. The third-order valence-electron chi connectivity index (χ3n) is 7.29. The van der Waals surface area contributed by atoms with Crippen LogP contribution in [-0.4, -0.2) is 44.0 Å². The summed E-state index contributed by atoms with van der Waals surface area (Å²) in [5.41, 5.74) is 6.80. The summed E-state index contributed by atoms with van der Waals surface area (Å²) < 4.78 is 64.5. The number of aromatic nitrogens is 1. The number of methoxy groups -OCH3 is 1. The first kappa shape index (κ1) is 31.0. The first-order valence-electron chi connectivity index (χ1n) is 14.0. The second-order valence-electron chi connectivity index (χ2n) is 10.2. The highest BCUT2D eigenvalue weighted by atomic mass is 19.3. The smallest absolute Gasteiger partial charge is 0.404 e. The van der Waals surface area contributed by atoms with Crippen LogP contribution in [0.25, 0.3) is 22.4 Å². The molecule has 1 amide bonds. The second-order valence-corrected chi connectivity index (χ2v) is 10.2. The van der Waals surface area contributed by atoms with Crippen molar-refractivity contribution in [2.45, 2.75) is 32.2 Å². The van der Waals surface area contributed by atoms with Crippen molar-refractivity contribution in [1.82, 2.24) is 4.98 Å². The maximum Gasteiger partial charge on any atom is 0.404 e. The fraction of sp³-hybridized carbons (Fsp3) is 0.242. The van der Waals surface area contributed by atoms with Gasteiger partial charge in [0.2, 0.25) is 0 Å². The van der Waals surface area contributed by atoms with Gasteiger partial charge in [-0.25, -0.2) is 14.2 Å². The SMILES string of the molecule is COc1ccc(-c2c(OC(F)F)cc(N3CCC(OC(N)=O)CC3)nc2-c2ccc(C#N)c(F)c2)cc1OCc1ccccc1. The molecule has 0 atom stereocenters. The van der Waals surface area contributed by atoms with Crippen LogP contribution in [0.4, 0.5) is 23.8 Å². The summed E-state index contributed by atoms with van der Waals surface area (Å²) in [7, 11) is 1.48. The average molecular weight is 619 g/mol. The van der Waals surface area contributed by atoms with Gasteiger partial charge in [0.1, 0.15) is 36.2 Å². The summed E-state index contributed by atoms with van der Waals surface area (Å²) in [6.45, 7) is -2.23. The van der Waals surface area contributed by atoms with E-state index in [9.17, 15) is 23.2 Å². The predicted octanol–water partition coefficient (Wildman–Crippen LogP) is 6.68. The fourth-order valence-corrected chi connectivity index (χ4v) is 5.15. The van der Waals surface area contributed by atoms with E-state index in [0.29, 0.717) is 48.8 Å². The number of nitriles is 1. The number of benzene rings is 3. The average Bonchev–Trinajstić information content (AvgIpc) is 3.03. The van der Waals surface area contributed by atoms with Crippen LogP contribution in [0.5, 0.6) is 17.2 Å². The molecule has 12 heteroatoms. The van der Waals surface area contributed by atoms with Crippen molar-refractivity contribution >= 4 is 11.9 Å². The molecule has 45 heavy (non-hydrogen) atoms. The Kier molecular flexibility index (Phi) is 9.57. The monoisotopic (exact) mass is 618 g/mol. The number of hydrogen-bond acceptors (Lipinski definition) is 8. The standard InChI is InChI=1S/C33H29F3N4O5/c1-42-26-10-9-21(16-27(26)43-19-20-5-3-2-4-6-20)30-28(45-32(35)36)17-29(40-13-11-24(12-14-40)44-33(38)41)39-31(30)22-7-8-23(18-37)25(34)15-22/h2-10,15-17,24,32H,11-14,19H2,1H3,(H2,38,41). The molecule has 2 N–H and O–H groups in total. The number of pyridine rings is 1. The van der Waals surface area contributed by atoms with Crippen molar-refractivity contribution in [3.8, 4) is 45.7 Å². The number of amides is 1. The van der Waals surface area contributed by atoms with Crippen LogP contribution in [0, 0.1) is 17.1 Å². The van der Waals surface area contributed by atoms with Gasteiger partial charge in [0.05, 0.1) is 23.9 Å². The molecule has 0 aliphatic carbocycles. The van der Waals surface area contributed by atoms with Gasteiger partial charge in [0.25, 0.3) is 0 Å². The summed E-state index contributed by atoms with van der Waals surface area (Å²) >= 11 is 0. The van der Waals surface area contributed by atoms with Crippen molar-refractivity contribution in [3.05, 3.63) is 89.7 Å². The van der Waals surface area contributed by atoms with Gasteiger partial charge in [-0.1, -0.05) is 42.5 Å². The Balaban J connectivity index is 1.63. The van der Waals surface area contributed by atoms with Crippen molar-refractivity contribution in [2.24, 2.45) is 5.73 Å². The zero-order valence-electron chi connectivity index (χ0n) is 24.2. The van der Waals surface area contributed by atoms with Crippen LogP contribution in [0.2, 0.25) is 0 Å². The number of nitrogens with two attached hydrogens (primary N) is 1. The number of ether oxygens (including phenoxy) is 4. The van der Waals surface area contributed by atoms with Crippen molar-refractivity contribution in [1.29, 1.82) is 5.26 Å². The molecule has 3 aromatic carbocycles. The Morgan fingerprint density at radius 2 is 1.76 bits per heavy atom. The first-order valence-corrected chi connectivity index (χ1v) is 14.0. The van der Waals surface area contributed by atoms with E-state index < -0.39 is 24.6 Å². The van der Waals surface area contributed by atoms with E-state index in [4.69, 9.17) is 29.7 Å². The highest BCUT2D eigenvalue weighted by Crippen LogP contribution is 2.44. The Morgan fingerprint density at radius 3 is 2.40 bits per heavy atom. The molecule has 0 bridgehead atoms. The van der Waals surface area contributed by atoms with Crippen LogP contribution < -0.4 is 24.8 Å². The molecule has 0 saturated carbocycles. The van der Waals surface area contributed by atoms with Crippen molar-refractivity contribution in [2.75, 3.05) is 25.1 Å². The molecule has 1 aliphatic rings. The first-order chi connectivity index (χ1) is 21.7. The molecular weight excluding hydrogens is 589 g/mol. The number of hydrogen-bond donors (Lipinski definition) is 1. The minimum atomic E-state index is -3.19. The van der Waals surface area contributed by atoms with Crippen molar-refractivity contribution < 1.29 is 36.9 Å². The maximum atomic E-state index is 14.9. The Labute approximate surface area is 257 Å². The second kappa shape index (κ2) is 13.9. The number of anilines is 1. The van der Waals surface area contributed by atoms with Crippen LogP contribution in [0.15, 0.2) is 72.8 Å². The van der Waals surface area contributed by atoms with Gasteiger partial charge in [-0.15, -0.1) is 0 Å². The normalized spacial score (nSPS) is 13.3. The minimum absolute atomic E-state index is 0.140. The Morgan fingerprint density at radius 1 is 1.02 bits per heavy atom. The van der Waals surface area contributed by atoms with Crippen LogP contribution in [0.1, 0.15) is 24.0 Å². The van der Waals surface area contributed by atoms with Crippen molar-refractivity contribution in [3.63, 3.8) is 0 Å². The molecule has 232 valence electrons. The zero-order valence-corrected chi connectivity index (χ0v) is 24.2. The molecule has 4 aromatic rings.